The fourth-order valence-electron chi connectivity index (χ4n) is 6.77. The highest BCUT2D eigenvalue weighted by molar-refractivity contribution is 5.23. The molecule has 0 aromatic heterocycles. The van der Waals surface area contributed by atoms with Gasteiger partial charge in [0.1, 0.15) is 0 Å². The van der Waals surface area contributed by atoms with Gasteiger partial charge in [0, 0.05) is 5.41 Å². The molecule has 3 fully saturated rings. The lowest BCUT2D eigenvalue weighted by molar-refractivity contribution is -0.0914. The lowest BCUT2D eigenvalue weighted by Crippen LogP contribution is -2.52. The normalized spacial score (nSPS) is 51.8. The Balaban J connectivity index is 1.64. The van der Waals surface area contributed by atoms with Crippen molar-refractivity contribution in [1.29, 1.82) is 0 Å². The summed E-state index contributed by atoms with van der Waals surface area (Å²) >= 11 is 0. The lowest BCUT2D eigenvalue weighted by Gasteiger charge is -2.55. The largest absolute Gasteiger partial charge is 0.389 e. The Kier molecular flexibility index (Phi) is 3.65. The lowest BCUT2D eigenvalue weighted by atomic mass is 9.50. The van der Waals surface area contributed by atoms with Gasteiger partial charge in [0.05, 0.1) is 11.7 Å². The Morgan fingerprint density at radius 3 is 2.78 bits per heavy atom. The number of aliphatic hydroxyl groups is 2. The first-order chi connectivity index (χ1) is 11.0. The molecule has 0 aromatic rings. The zero-order valence-electron chi connectivity index (χ0n) is 14.3. The van der Waals surface area contributed by atoms with Gasteiger partial charge in [-0.15, -0.1) is 5.73 Å². The first-order valence-electron chi connectivity index (χ1n) is 9.46. The molecule has 0 heterocycles. The first-order valence-corrected chi connectivity index (χ1v) is 9.46. The van der Waals surface area contributed by atoms with Gasteiger partial charge in [0.25, 0.3) is 0 Å². The van der Waals surface area contributed by atoms with Crippen molar-refractivity contribution in [2.24, 2.45) is 29.1 Å². The molecule has 0 saturated heterocycles. The van der Waals surface area contributed by atoms with E-state index in [0.29, 0.717) is 11.8 Å². The van der Waals surface area contributed by atoms with Crippen molar-refractivity contribution in [3.05, 3.63) is 30.0 Å². The smallest absolute Gasteiger partial charge is 0.0956 e. The molecule has 0 spiro atoms. The summed E-state index contributed by atoms with van der Waals surface area (Å²) in [7, 11) is 0. The van der Waals surface area contributed by atoms with E-state index in [0.717, 1.165) is 50.4 Å². The van der Waals surface area contributed by atoms with E-state index in [-0.39, 0.29) is 11.5 Å². The molecule has 2 nitrogen and oxygen atoms in total. The van der Waals surface area contributed by atoms with Gasteiger partial charge in [-0.05, 0) is 81.1 Å². The summed E-state index contributed by atoms with van der Waals surface area (Å²) in [6.07, 6.45) is 12.6. The van der Waals surface area contributed by atoms with Crippen molar-refractivity contribution >= 4 is 0 Å². The second-order valence-corrected chi connectivity index (χ2v) is 8.73. The molecular formula is C21H30O2. The summed E-state index contributed by atoms with van der Waals surface area (Å²) in [5.74, 6) is 2.85. The maximum atomic E-state index is 11.2. The van der Waals surface area contributed by atoms with Gasteiger partial charge < -0.3 is 10.2 Å². The molecule has 4 aliphatic carbocycles. The molecule has 0 amide bonds. The van der Waals surface area contributed by atoms with Gasteiger partial charge >= 0.3 is 0 Å². The molecule has 4 aliphatic rings. The van der Waals surface area contributed by atoms with Crippen LogP contribution in [0.3, 0.4) is 0 Å². The summed E-state index contributed by atoms with van der Waals surface area (Å²) in [4.78, 5) is 0. The van der Waals surface area contributed by atoms with Crippen LogP contribution in [0.1, 0.15) is 58.3 Å². The molecular weight excluding hydrogens is 284 g/mol. The summed E-state index contributed by atoms with van der Waals surface area (Å²) in [5, 5.41) is 21.1. The Morgan fingerprint density at radius 2 is 2.00 bits per heavy atom. The highest BCUT2D eigenvalue weighted by Crippen LogP contribution is 2.65. The van der Waals surface area contributed by atoms with E-state index in [9.17, 15) is 10.2 Å². The third-order valence-electron chi connectivity index (χ3n) is 7.99. The standard InChI is InChI=1S/C21H30O2/c1-3-10-21(23)12-9-19-18-6-4-14-13-15(22)5-7-16(14)17(18)8-11-20(19,21)2/h10,13,15-19,22-23H,1,4-9,11-12H2,2H3/t15?,16-,17+,18+,19-,20-,21-/m0/s1. The molecule has 0 aromatic carbocycles. The third kappa shape index (κ3) is 2.15. The quantitative estimate of drug-likeness (QED) is 0.567. The van der Waals surface area contributed by atoms with E-state index in [4.69, 9.17) is 0 Å². The maximum absolute atomic E-state index is 11.2. The van der Waals surface area contributed by atoms with E-state index in [1.165, 1.54) is 18.4 Å². The predicted molar refractivity (Wildman–Crippen MR) is 91.8 cm³/mol. The van der Waals surface area contributed by atoms with Crippen molar-refractivity contribution < 1.29 is 10.2 Å². The molecule has 0 bridgehead atoms. The van der Waals surface area contributed by atoms with Gasteiger partial charge in [0.2, 0.25) is 0 Å². The molecule has 0 aliphatic heterocycles. The van der Waals surface area contributed by atoms with E-state index in [1.807, 2.05) is 6.08 Å². The van der Waals surface area contributed by atoms with Crippen molar-refractivity contribution in [2.75, 3.05) is 0 Å². The Hall–Kier alpha value is -0.820. The van der Waals surface area contributed by atoms with Crippen LogP contribution in [-0.4, -0.2) is 21.9 Å². The van der Waals surface area contributed by atoms with Gasteiger partial charge in [-0.25, -0.2) is 0 Å². The van der Waals surface area contributed by atoms with E-state index >= 15 is 0 Å². The van der Waals surface area contributed by atoms with Crippen molar-refractivity contribution in [2.45, 2.75) is 70.0 Å². The average Bonchev–Trinajstić information content (AvgIpc) is 2.79. The second kappa shape index (κ2) is 5.34. The Morgan fingerprint density at radius 1 is 1.17 bits per heavy atom. The van der Waals surface area contributed by atoms with Gasteiger partial charge in [-0.1, -0.05) is 25.2 Å². The first kappa shape index (κ1) is 15.7. The minimum atomic E-state index is -0.705. The van der Waals surface area contributed by atoms with Crippen LogP contribution in [-0.2, 0) is 0 Å². The monoisotopic (exact) mass is 314 g/mol. The summed E-state index contributed by atoms with van der Waals surface area (Å²) in [6.45, 7) is 6.02. The Labute approximate surface area is 140 Å². The molecule has 1 unspecified atom stereocenters. The van der Waals surface area contributed by atoms with Crippen molar-refractivity contribution in [3.8, 4) is 0 Å². The van der Waals surface area contributed by atoms with E-state index in [2.05, 4.69) is 25.3 Å². The highest BCUT2D eigenvalue weighted by atomic mass is 16.3. The number of hydrogen-bond acceptors (Lipinski definition) is 2. The second-order valence-electron chi connectivity index (χ2n) is 8.73. The molecule has 2 N–H and O–H groups in total. The SMILES string of the molecule is C=C=C[C@]1(O)CC[C@H]2[C@@H]3CCC4=CC(O)CC[C@@H]4[C@H]3CC[C@@]21C. The zero-order chi connectivity index (χ0) is 16.2. The van der Waals surface area contributed by atoms with E-state index < -0.39 is 5.60 Å². The minimum Gasteiger partial charge on any atom is -0.389 e. The van der Waals surface area contributed by atoms with Crippen LogP contribution >= 0.6 is 0 Å². The predicted octanol–water partition coefficient (Wildman–Crippen LogP) is 3.99. The fourth-order valence-corrected chi connectivity index (χ4v) is 6.77. The summed E-state index contributed by atoms with van der Waals surface area (Å²) < 4.78 is 0. The summed E-state index contributed by atoms with van der Waals surface area (Å²) in [6, 6.07) is 0. The van der Waals surface area contributed by atoms with Crippen LogP contribution in [0.25, 0.3) is 0 Å². The van der Waals surface area contributed by atoms with Crippen LogP contribution in [0.15, 0.2) is 30.0 Å². The van der Waals surface area contributed by atoms with Gasteiger partial charge in [-0.2, -0.15) is 0 Å². The molecule has 126 valence electrons. The molecule has 7 atom stereocenters. The topological polar surface area (TPSA) is 40.5 Å². The number of rotatable bonds is 1. The number of fused-ring (bicyclic) bond motifs is 5. The average molecular weight is 314 g/mol. The van der Waals surface area contributed by atoms with Gasteiger partial charge in [-0.3, -0.25) is 0 Å². The van der Waals surface area contributed by atoms with Crippen LogP contribution < -0.4 is 0 Å². The number of hydrogen-bond donors (Lipinski definition) is 2. The van der Waals surface area contributed by atoms with E-state index in [1.54, 1.807) is 0 Å². The molecule has 4 rings (SSSR count). The number of aliphatic hydroxyl groups excluding tert-OH is 1. The third-order valence-corrected chi connectivity index (χ3v) is 7.99. The highest BCUT2D eigenvalue weighted by Gasteiger charge is 2.61. The minimum absolute atomic E-state index is 0.00570. The Bertz CT molecular complexity index is 572. The molecule has 23 heavy (non-hydrogen) atoms. The molecule has 2 heteroatoms. The van der Waals surface area contributed by atoms with Gasteiger partial charge in [0.15, 0.2) is 0 Å². The van der Waals surface area contributed by atoms with Crippen molar-refractivity contribution in [1.82, 2.24) is 0 Å². The summed E-state index contributed by atoms with van der Waals surface area (Å²) in [5.41, 5.74) is 3.69. The van der Waals surface area contributed by atoms with Crippen molar-refractivity contribution in [3.63, 3.8) is 0 Å². The maximum Gasteiger partial charge on any atom is 0.0956 e. The zero-order valence-corrected chi connectivity index (χ0v) is 14.3. The number of allylic oxidation sites excluding steroid dienone is 1. The van der Waals surface area contributed by atoms with Crippen LogP contribution in [0.5, 0.6) is 0 Å². The fraction of sp³-hybridized carbons (Fsp3) is 0.762. The van der Waals surface area contributed by atoms with Crippen LogP contribution in [0.2, 0.25) is 0 Å². The molecule has 0 radical (unpaired) electrons. The van der Waals surface area contributed by atoms with Crippen LogP contribution in [0.4, 0.5) is 0 Å². The van der Waals surface area contributed by atoms with Crippen LogP contribution in [0, 0.1) is 29.1 Å². The molecule has 3 saturated carbocycles.